The first kappa shape index (κ1) is 28.8. The van der Waals surface area contributed by atoms with E-state index >= 15 is 0 Å². The fraction of sp³-hybridized carbons (Fsp3) is 0.500. The molecule has 0 bridgehead atoms. The van der Waals surface area contributed by atoms with E-state index in [4.69, 9.17) is 8.85 Å². The van der Waals surface area contributed by atoms with Crippen molar-refractivity contribution in [2.45, 2.75) is 90.1 Å². The van der Waals surface area contributed by atoms with Crippen LogP contribution in [0.2, 0.25) is 23.2 Å². The minimum atomic E-state index is -2.52. The molecule has 2 aromatic carbocycles. The van der Waals surface area contributed by atoms with Crippen molar-refractivity contribution in [2.24, 2.45) is 5.41 Å². The largest absolute Gasteiger partial charge is 0.411 e. The minimum Gasteiger partial charge on any atom is -0.411 e. The van der Waals surface area contributed by atoms with Crippen LogP contribution >= 0.6 is 0 Å². The molecule has 0 radical (unpaired) electrons. The van der Waals surface area contributed by atoms with E-state index < -0.39 is 16.6 Å². The summed E-state index contributed by atoms with van der Waals surface area (Å²) in [6.45, 7) is 23.6. The van der Waals surface area contributed by atoms with Crippen LogP contribution < -0.4 is 10.4 Å². The average Bonchev–Trinajstić information content (AvgIpc) is 2.82. The van der Waals surface area contributed by atoms with Gasteiger partial charge in [0.25, 0.3) is 8.32 Å². The summed E-state index contributed by atoms with van der Waals surface area (Å²) in [4.78, 5) is 0. The molecule has 36 heavy (non-hydrogen) atoms. The van der Waals surface area contributed by atoms with Crippen LogP contribution in [0.15, 0.2) is 85.5 Å². The maximum atomic E-state index is 7.18. The lowest BCUT2D eigenvalue weighted by Crippen LogP contribution is -2.66. The normalized spacial score (nSPS) is 21.4. The van der Waals surface area contributed by atoms with E-state index in [1.54, 1.807) is 0 Å². The third-order valence-electron chi connectivity index (χ3n) is 8.50. The highest BCUT2D eigenvalue weighted by Crippen LogP contribution is 2.42. The van der Waals surface area contributed by atoms with E-state index in [1.165, 1.54) is 10.4 Å². The molecule has 2 aromatic rings. The van der Waals surface area contributed by atoms with Crippen LogP contribution in [-0.2, 0) is 8.85 Å². The van der Waals surface area contributed by atoms with E-state index in [0.717, 1.165) is 19.3 Å². The van der Waals surface area contributed by atoms with Gasteiger partial charge in [0, 0.05) is 12.0 Å². The SMILES string of the molecule is C=C[C@]1(CCO[Si](c2ccccc2)(c2ccccc2)C(C)(C)C)C=C[C@@H](O[Si](C)(C)C(C)(C)C)CC1. The number of allylic oxidation sites excluding steroid dienone is 2. The highest BCUT2D eigenvalue weighted by Gasteiger charge is 2.50. The van der Waals surface area contributed by atoms with Crippen LogP contribution in [0.3, 0.4) is 0 Å². The summed E-state index contributed by atoms with van der Waals surface area (Å²) >= 11 is 0. The van der Waals surface area contributed by atoms with Crippen LogP contribution in [0, 0.1) is 5.41 Å². The van der Waals surface area contributed by atoms with Crippen molar-refractivity contribution in [3.8, 4) is 0 Å². The second kappa shape index (κ2) is 10.9. The Morgan fingerprint density at radius 2 is 1.42 bits per heavy atom. The quantitative estimate of drug-likeness (QED) is 0.247. The number of hydrogen-bond donors (Lipinski definition) is 0. The summed E-state index contributed by atoms with van der Waals surface area (Å²) in [5.74, 6) is 0. The summed E-state index contributed by atoms with van der Waals surface area (Å²) < 4.78 is 13.9. The molecule has 0 amide bonds. The third kappa shape index (κ3) is 6.04. The molecule has 0 aromatic heterocycles. The Hall–Kier alpha value is -1.73. The Morgan fingerprint density at radius 3 is 1.81 bits per heavy atom. The highest BCUT2D eigenvalue weighted by molar-refractivity contribution is 6.99. The summed E-state index contributed by atoms with van der Waals surface area (Å²) in [5.41, 5.74) is -0.0430. The second-order valence-corrected chi connectivity index (χ2v) is 22.1. The lowest BCUT2D eigenvalue weighted by molar-refractivity contribution is 0.173. The van der Waals surface area contributed by atoms with E-state index in [2.05, 4.69) is 140 Å². The molecule has 0 N–H and O–H groups in total. The van der Waals surface area contributed by atoms with Crippen molar-refractivity contribution in [1.82, 2.24) is 0 Å². The van der Waals surface area contributed by atoms with Gasteiger partial charge in [-0.3, -0.25) is 0 Å². The van der Waals surface area contributed by atoms with Gasteiger partial charge in [-0.25, -0.2) is 0 Å². The van der Waals surface area contributed by atoms with Crippen LogP contribution in [0.1, 0.15) is 60.8 Å². The van der Waals surface area contributed by atoms with Crippen molar-refractivity contribution < 1.29 is 8.85 Å². The fourth-order valence-corrected chi connectivity index (χ4v) is 11.0. The van der Waals surface area contributed by atoms with Crippen LogP contribution in [0.4, 0.5) is 0 Å². The summed E-state index contributed by atoms with van der Waals surface area (Å²) in [6, 6.07) is 21.8. The van der Waals surface area contributed by atoms with Gasteiger partial charge in [0.1, 0.15) is 0 Å². The lowest BCUT2D eigenvalue weighted by Gasteiger charge is -2.44. The first-order chi connectivity index (χ1) is 16.8. The highest BCUT2D eigenvalue weighted by atomic mass is 28.4. The summed E-state index contributed by atoms with van der Waals surface area (Å²) in [7, 11) is -4.31. The first-order valence-electron chi connectivity index (χ1n) is 13.5. The smallest absolute Gasteiger partial charge is 0.261 e. The Balaban J connectivity index is 1.83. The van der Waals surface area contributed by atoms with E-state index in [-0.39, 0.29) is 21.6 Å². The van der Waals surface area contributed by atoms with Gasteiger partial charge in [0.05, 0.1) is 6.10 Å². The van der Waals surface area contributed by atoms with E-state index in [0.29, 0.717) is 6.61 Å². The standard InChI is InChI=1S/C32H48O2Si2/c1-10-32(23-21-27(22-24-32)34-35(8,9)30(2,3)4)25-26-33-36(31(5,6)7,28-17-13-11-14-18-28)29-19-15-12-16-20-29/h10-21,23,27H,1,22,24-26H2,2-9H3/t27-,32+/m1/s1. The molecule has 0 unspecified atom stereocenters. The monoisotopic (exact) mass is 520 g/mol. The minimum absolute atomic E-state index is 0.0123. The molecule has 0 heterocycles. The Labute approximate surface area is 223 Å². The lowest BCUT2D eigenvalue weighted by atomic mass is 9.76. The van der Waals surface area contributed by atoms with Crippen molar-refractivity contribution in [2.75, 3.05) is 6.61 Å². The van der Waals surface area contributed by atoms with Gasteiger partial charge in [0.15, 0.2) is 8.32 Å². The van der Waals surface area contributed by atoms with Crippen molar-refractivity contribution in [3.05, 3.63) is 85.5 Å². The molecule has 0 aliphatic heterocycles. The molecule has 3 rings (SSSR count). The molecule has 1 aliphatic rings. The Kier molecular flexibility index (Phi) is 8.77. The zero-order chi connectivity index (χ0) is 26.7. The molecule has 4 heteroatoms. The van der Waals surface area contributed by atoms with Gasteiger partial charge in [-0.1, -0.05) is 120 Å². The second-order valence-electron chi connectivity index (χ2n) is 13.0. The van der Waals surface area contributed by atoms with Gasteiger partial charge >= 0.3 is 0 Å². The van der Waals surface area contributed by atoms with Gasteiger partial charge in [-0.15, -0.1) is 6.58 Å². The molecule has 1 aliphatic carbocycles. The zero-order valence-corrected chi connectivity index (χ0v) is 25.9. The summed E-state index contributed by atoms with van der Waals surface area (Å²) in [5, 5.41) is 2.87. The molecular weight excluding hydrogens is 473 g/mol. The third-order valence-corrected chi connectivity index (χ3v) is 18.0. The van der Waals surface area contributed by atoms with Crippen molar-refractivity contribution in [3.63, 3.8) is 0 Å². The van der Waals surface area contributed by atoms with E-state index in [1.807, 2.05) is 0 Å². The predicted molar refractivity (Wildman–Crippen MR) is 161 cm³/mol. The van der Waals surface area contributed by atoms with Crippen LogP contribution in [-0.4, -0.2) is 29.3 Å². The van der Waals surface area contributed by atoms with Crippen molar-refractivity contribution >= 4 is 27.0 Å². The topological polar surface area (TPSA) is 18.5 Å². The molecule has 2 atom stereocenters. The molecule has 2 nitrogen and oxygen atoms in total. The summed E-state index contributed by atoms with van der Waals surface area (Å²) in [6.07, 6.45) is 10.0. The number of benzene rings is 2. The predicted octanol–water partition coefficient (Wildman–Crippen LogP) is 7.87. The molecule has 0 fully saturated rings. The van der Waals surface area contributed by atoms with Crippen LogP contribution in [0.5, 0.6) is 0 Å². The Bertz CT molecular complexity index is 976. The van der Waals surface area contributed by atoms with Crippen LogP contribution in [0.25, 0.3) is 0 Å². The molecule has 0 saturated heterocycles. The molecule has 196 valence electrons. The number of rotatable bonds is 9. The number of hydrogen-bond acceptors (Lipinski definition) is 2. The van der Waals surface area contributed by atoms with Crippen molar-refractivity contribution in [1.29, 1.82) is 0 Å². The molecular formula is C32H48O2Si2. The molecule has 0 saturated carbocycles. The van der Waals surface area contributed by atoms with Gasteiger partial charge in [-0.2, -0.15) is 0 Å². The van der Waals surface area contributed by atoms with Gasteiger partial charge in [-0.05, 0) is 52.8 Å². The maximum absolute atomic E-state index is 7.18. The first-order valence-corrected chi connectivity index (χ1v) is 18.3. The van der Waals surface area contributed by atoms with E-state index in [9.17, 15) is 0 Å². The fourth-order valence-electron chi connectivity index (χ4n) is 5.18. The zero-order valence-electron chi connectivity index (χ0n) is 23.9. The average molecular weight is 521 g/mol. The van der Waals surface area contributed by atoms with Gasteiger partial charge < -0.3 is 8.85 Å². The molecule has 0 spiro atoms. The van der Waals surface area contributed by atoms with Gasteiger partial charge in [0.2, 0.25) is 0 Å². The Morgan fingerprint density at radius 1 is 0.889 bits per heavy atom. The maximum Gasteiger partial charge on any atom is 0.261 e.